The third-order valence-corrected chi connectivity index (χ3v) is 5.46. The molecule has 0 radical (unpaired) electrons. The van der Waals surface area contributed by atoms with Crippen LogP contribution in [0.5, 0.6) is 0 Å². The van der Waals surface area contributed by atoms with Gasteiger partial charge in [0.15, 0.2) is 0 Å². The van der Waals surface area contributed by atoms with Crippen LogP contribution in [0.1, 0.15) is 23.7 Å². The summed E-state index contributed by atoms with van der Waals surface area (Å²) in [7, 11) is 0. The molecule has 2 saturated heterocycles. The van der Waals surface area contributed by atoms with Crippen molar-refractivity contribution >= 4 is 11.8 Å². The molecular formula is C21H24FN5O2. The molecule has 3 heterocycles. The fourth-order valence-electron chi connectivity index (χ4n) is 3.78. The Morgan fingerprint density at radius 3 is 2.41 bits per heavy atom. The standard InChI is InChI=1S/C21H24FN5O2/c22-16-6-4-15(5-7-16)13-20(28)26-9-11-27(12-10-26)21(29)19-14-18(24-25-19)17-3-1-2-8-23-17/h1-8,18-19,24-25H,9-14H2. The van der Waals surface area contributed by atoms with Crippen LogP contribution in [0.15, 0.2) is 48.7 Å². The van der Waals surface area contributed by atoms with Gasteiger partial charge < -0.3 is 9.80 Å². The van der Waals surface area contributed by atoms with Crippen molar-refractivity contribution in [3.63, 3.8) is 0 Å². The fraction of sp³-hybridized carbons (Fsp3) is 0.381. The van der Waals surface area contributed by atoms with Gasteiger partial charge in [0.2, 0.25) is 11.8 Å². The van der Waals surface area contributed by atoms with Gasteiger partial charge >= 0.3 is 0 Å². The zero-order chi connectivity index (χ0) is 20.2. The van der Waals surface area contributed by atoms with Crippen molar-refractivity contribution in [2.24, 2.45) is 0 Å². The van der Waals surface area contributed by atoms with E-state index >= 15 is 0 Å². The number of hydrogen-bond donors (Lipinski definition) is 2. The molecule has 2 amide bonds. The number of halogens is 1. The van der Waals surface area contributed by atoms with Gasteiger partial charge in [0.1, 0.15) is 11.9 Å². The van der Waals surface area contributed by atoms with Crippen molar-refractivity contribution in [2.75, 3.05) is 26.2 Å². The second kappa shape index (κ2) is 8.67. The van der Waals surface area contributed by atoms with Crippen LogP contribution in [0, 0.1) is 5.82 Å². The van der Waals surface area contributed by atoms with E-state index in [0.717, 1.165) is 11.3 Å². The number of carbonyl (C=O) groups is 2. The molecule has 0 aliphatic carbocycles. The zero-order valence-corrected chi connectivity index (χ0v) is 16.1. The topological polar surface area (TPSA) is 77.6 Å². The highest BCUT2D eigenvalue weighted by Crippen LogP contribution is 2.21. The molecule has 2 atom stereocenters. The monoisotopic (exact) mass is 397 g/mol. The summed E-state index contributed by atoms with van der Waals surface area (Å²) in [5, 5.41) is 0. The smallest absolute Gasteiger partial charge is 0.241 e. The van der Waals surface area contributed by atoms with Crippen LogP contribution in [-0.2, 0) is 16.0 Å². The van der Waals surface area contributed by atoms with E-state index in [1.54, 1.807) is 23.2 Å². The van der Waals surface area contributed by atoms with Gasteiger partial charge in [-0.1, -0.05) is 18.2 Å². The minimum absolute atomic E-state index is 0.000388. The molecule has 0 spiro atoms. The maximum atomic E-state index is 13.0. The summed E-state index contributed by atoms with van der Waals surface area (Å²) >= 11 is 0. The number of pyridine rings is 1. The van der Waals surface area contributed by atoms with Crippen LogP contribution in [0.2, 0.25) is 0 Å². The maximum absolute atomic E-state index is 13.0. The summed E-state index contributed by atoms with van der Waals surface area (Å²) in [6, 6.07) is 11.4. The molecule has 2 fully saturated rings. The Morgan fingerprint density at radius 1 is 1.00 bits per heavy atom. The van der Waals surface area contributed by atoms with Crippen LogP contribution in [0.3, 0.4) is 0 Å². The molecule has 0 saturated carbocycles. The predicted molar refractivity (Wildman–Crippen MR) is 105 cm³/mol. The van der Waals surface area contributed by atoms with Gasteiger partial charge in [0.25, 0.3) is 0 Å². The molecule has 1 aromatic carbocycles. The number of nitrogens with zero attached hydrogens (tertiary/aromatic N) is 3. The average molecular weight is 397 g/mol. The van der Waals surface area contributed by atoms with Gasteiger partial charge in [-0.3, -0.25) is 14.6 Å². The number of piperazine rings is 1. The second-order valence-electron chi connectivity index (χ2n) is 7.39. The Balaban J connectivity index is 1.26. The molecule has 1 aromatic heterocycles. The summed E-state index contributed by atoms with van der Waals surface area (Å²) in [6.07, 6.45) is 2.63. The lowest BCUT2D eigenvalue weighted by atomic mass is 10.1. The fourth-order valence-corrected chi connectivity index (χ4v) is 3.78. The van der Waals surface area contributed by atoms with Crippen LogP contribution in [0.4, 0.5) is 4.39 Å². The minimum atomic E-state index is -0.311. The number of hydrogen-bond acceptors (Lipinski definition) is 5. The first kappa shape index (κ1) is 19.5. The van der Waals surface area contributed by atoms with Crippen molar-refractivity contribution < 1.29 is 14.0 Å². The third kappa shape index (κ3) is 4.60. The maximum Gasteiger partial charge on any atom is 0.241 e. The first-order chi connectivity index (χ1) is 14.1. The molecule has 152 valence electrons. The number of carbonyl (C=O) groups excluding carboxylic acids is 2. The number of rotatable bonds is 4. The van der Waals surface area contributed by atoms with Gasteiger partial charge in [-0.2, -0.15) is 0 Å². The Morgan fingerprint density at radius 2 is 1.72 bits per heavy atom. The van der Waals surface area contributed by atoms with Gasteiger partial charge in [0.05, 0.1) is 18.2 Å². The Bertz CT molecular complexity index is 853. The van der Waals surface area contributed by atoms with E-state index in [1.807, 2.05) is 23.1 Å². The van der Waals surface area contributed by atoms with Gasteiger partial charge in [0, 0.05) is 32.4 Å². The first-order valence-corrected chi connectivity index (χ1v) is 9.83. The van der Waals surface area contributed by atoms with Crippen molar-refractivity contribution in [1.29, 1.82) is 0 Å². The van der Waals surface area contributed by atoms with Crippen molar-refractivity contribution in [1.82, 2.24) is 25.6 Å². The minimum Gasteiger partial charge on any atom is -0.339 e. The molecular weight excluding hydrogens is 373 g/mol. The molecule has 4 rings (SSSR count). The number of nitrogens with one attached hydrogen (secondary N) is 2. The van der Waals surface area contributed by atoms with Crippen LogP contribution in [0.25, 0.3) is 0 Å². The van der Waals surface area contributed by atoms with Crippen molar-refractivity contribution in [3.8, 4) is 0 Å². The third-order valence-electron chi connectivity index (χ3n) is 5.46. The normalized spacial score (nSPS) is 22.0. The summed E-state index contributed by atoms with van der Waals surface area (Å²) in [4.78, 5) is 33.2. The molecule has 2 unspecified atom stereocenters. The molecule has 2 N–H and O–H groups in total. The van der Waals surface area contributed by atoms with Crippen LogP contribution < -0.4 is 10.9 Å². The van der Waals surface area contributed by atoms with E-state index in [9.17, 15) is 14.0 Å². The van der Waals surface area contributed by atoms with E-state index in [0.29, 0.717) is 32.6 Å². The largest absolute Gasteiger partial charge is 0.339 e. The highest BCUT2D eigenvalue weighted by atomic mass is 19.1. The second-order valence-corrected chi connectivity index (χ2v) is 7.39. The van der Waals surface area contributed by atoms with E-state index in [-0.39, 0.29) is 36.1 Å². The SMILES string of the molecule is O=C(Cc1ccc(F)cc1)N1CCN(C(=O)C2CC(c3ccccn3)NN2)CC1. The number of benzene rings is 1. The average Bonchev–Trinajstić information content (AvgIpc) is 3.26. The van der Waals surface area contributed by atoms with Crippen LogP contribution in [-0.4, -0.2) is 58.8 Å². The number of hydrazine groups is 1. The zero-order valence-electron chi connectivity index (χ0n) is 16.1. The Kier molecular flexibility index (Phi) is 5.82. The van der Waals surface area contributed by atoms with Crippen LogP contribution >= 0.6 is 0 Å². The summed E-state index contributed by atoms with van der Waals surface area (Å²) in [5.41, 5.74) is 7.93. The predicted octanol–water partition coefficient (Wildman–Crippen LogP) is 1.04. The first-order valence-electron chi connectivity index (χ1n) is 9.83. The van der Waals surface area contributed by atoms with E-state index < -0.39 is 0 Å². The van der Waals surface area contributed by atoms with Gasteiger partial charge in [-0.05, 0) is 36.2 Å². The molecule has 0 bridgehead atoms. The van der Waals surface area contributed by atoms with Gasteiger partial charge in [-0.25, -0.2) is 15.2 Å². The van der Waals surface area contributed by atoms with Gasteiger partial charge in [-0.15, -0.1) is 0 Å². The van der Waals surface area contributed by atoms with Crippen molar-refractivity contribution in [3.05, 3.63) is 65.7 Å². The molecule has 8 heteroatoms. The summed E-state index contributed by atoms with van der Waals surface area (Å²) in [6.45, 7) is 2.05. The van der Waals surface area contributed by atoms with Crippen molar-refractivity contribution in [2.45, 2.75) is 24.9 Å². The quantitative estimate of drug-likeness (QED) is 0.806. The van der Waals surface area contributed by atoms with E-state index in [2.05, 4.69) is 15.8 Å². The molecule has 2 aliphatic heterocycles. The lowest BCUT2D eigenvalue weighted by molar-refractivity contribution is -0.140. The van der Waals surface area contributed by atoms with E-state index in [4.69, 9.17) is 0 Å². The summed E-state index contributed by atoms with van der Waals surface area (Å²) < 4.78 is 13.0. The highest BCUT2D eigenvalue weighted by Gasteiger charge is 2.35. The Hall–Kier alpha value is -2.84. The molecule has 7 nitrogen and oxygen atoms in total. The number of amides is 2. The molecule has 29 heavy (non-hydrogen) atoms. The lowest BCUT2D eigenvalue weighted by Gasteiger charge is -2.36. The van der Waals surface area contributed by atoms with E-state index in [1.165, 1.54) is 12.1 Å². The molecule has 2 aromatic rings. The Labute approximate surface area is 168 Å². The highest BCUT2D eigenvalue weighted by molar-refractivity contribution is 5.83. The number of aromatic nitrogens is 1. The lowest BCUT2D eigenvalue weighted by Crippen LogP contribution is -2.54. The molecule has 2 aliphatic rings. The summed E-state index contributed by atoms with van der Waals surface area (Å²) in [5.74, 6) is -0.269.